The van der Waals surface area contributed by atoms with Crippen LogP contribution in [0.15, 0.2) is 18.3 Å². The molecule has 0 bridgehead atoms. The van der Waals surface area contributed by atoms with Crippen LogP contribution in [0.1, 0.15) is 61.7 Å². The number of nitrogens with zero attached hydrogens (tertiary/aromatic N) is 5. The van der Waals surface area contributed by atoms with E-state index in [2.05, 4.69) is 19.9 Å². The number of amides is 1. The van der Waals surface area contributed by atoms with Crippen molar-refractivity contribution in [2.24, 2.45) is 11.8 Å². The summed E-state index contributed by atoms with van der Waals surface area (Å²) in [5.41, 5.74) is 6.92. The first-order valence-corrected chi connectivity index (χ1v) is 13.2. The lowest BCUT2D eigenvalue weighted by Gasteiger charge is -2.32. The number of nitrogens with two attached hydrogens (primary N) is 1. The maximum absolute atomic E-state index is 13.4. The van der Waals surface area contributed by atoms with Crippen molar-refractivity contribution in [2.75, 3.05) is 48.4 Å². The molecule has 198 valence electrons. The Morgan fingerprint density at radius 2 is 1.92 bits per heavy atom. The van der Waals surface area contributed by atoms with Gasteiger partial charge in [0.2, 0.25) is 5.88 Å². The summed E-state index contributed by atoms with van der Waals surface area (Å²) < 4.78 is 11.5. The second-order valence-electron chi connectivity index (χ2n) is 10.1. The molecule has 3 aliphatic rings. The van der Waals surface area contributed by atoms with Crippen molar-refractivity contribution in [3.8, 4) is 11.9 Å². The van der Waals surface area contributed by atoms with Gasteiger partial charge >= 0.3 is 12.0 Å². The summed E-state index contributed by atoms with van der Waals surface area (Å²) in [5.74, 6) is 0.987. The van der Waals surface area contributed by atoms with Crippen LogP contribution in [0.2, 0.25) is 0 Å². The van der Waals surface area contributed by atoms with Crippen LogP contribution in [0.25, 0.3) is 0 Å². The van der Waals surface area contributed by atoms with Crippen molar-refractivity contribution < 1.29 is 24.2 Å². The van der Waals surface area contributed by atoms with Gasteiger partial charge in [0.1, 0.15) is 23.8 Å². The van der Waals surface area contributed by atoms with Crippen LogP contribution in [0.4, 0.5) is 17.3 Å². The summed E-state index contributed by atoms with van der Waals surface area (Å²) in [4.78, 5) is 41.2. The molecule has 0 atom stereocenters. The van der Waals surface area contributed by atoms with Gasteiger partial charge in [0, 0.05) is 19.5 Å². The van der Waals surface area contributed by atoms with Crippen molar-refractivity contribution >= 4 is 29.2 Å². The Labute approximate surface area is 216 Å². The monoisotopic (exact) mass is 510 g/mol. The fourth-order valence-electron chi connectivity index (χ4n) is 4.97. The van der Waals surface area contributed by atoms with Crippen molar-refractivity contribution in [1.29, 1.82) is 0 Å². The molecule has 5 rings (SSSR count). The number of aliphatic carboxylic acids is 1. The number of carbonyl (C=O) groups excluding carboxylic acids is 1. The fourth-order valence-corrected chi connectivity index (χ4v) is 4.97. The van der Waals surface area contributed by atoms with Gasteiger partial charge in [0.15, 0.2) is 0 Å². The molecule has 2 fully saturated rings. The highest BCUT2D eigenvalue weighted by atomic mass is 16.5. The van der Waals surface area contributed by atoms with Gasteiger partial charge in [-0.2, -0.15) is 9.97 Å². The van der Waals surface area contributed by atoms with E-state index >= 15 is 0 Å². The first-order chi connectivity index (χ1) is 18.0. The van der Waals surface area contributed by atoms with Gasteiger partial charge in [-0.15, -0.1) is 0 Å². The van der Waals surface area contributed by atoms with E-state index in [0.717, 1.165) is 50.5 Å². The molecule has 11 nitrogen and oxygen atoms in total. The molecule has 2 aliphatic heterocycles. The predicted octanol–water partition coefficient (Wildman–Crippen LogP) is 3.14. The summed E-state index contributed by atoms with van der Waals surface area (Å²) >= 11 is 0. The van der Waals surface area contributed by atoms with Crippen molar-refractivity contribution in [1.82, 2.24) is 15.0 Å². The average molecular weight is 511 g/mol. The van der Waals surface area contributed by atoms with E-state index in [9.17, 15) is 9.59 Å². The largest absolute Gasteiger partial charge is 0.481 e. The number of pyridine rings is 1. The summed E-state index contributed by atoms with van der Waals surface area (Å²) in [7, 11) is 0. The lowest BCUT2D eigenvalue weighted by atomic mass is 9.94. The Balaban J connectivity index is 1.21. The number of hydrogen-bond donors (Lipinski definition) is 2. The second kappa shape index (κ2) is 11.2. The average Bonchev–Trinajstić information content (AvgIpc) is 3.72. The normalized spacial score (nSPS) is 18.2. The van der Waals surface area contributed by atoms with E-state index in [1.165, 1.54) is 19.3 Å². The fraction of sp³-hybridized carbons (Fsp3) is 0.577. The Bertz CT molecular complexity index is 1120. The minimum absolute atomic E-state index is 0.0312. The number of carbonyl (C=O) groups is 2. The molecule has 0 radical (unpaired) electrons. The highest BCUT2D eigenvalue weighted by molar-refractivity contribution is 6.10. The lowest BCUT2D eigenvalue weighted by Crippen LogP contribution is -2.35. The molecule has 0 unspecified atom stereocenters. The number of carboxylic acid groups (broad SMARTS) is 1. The molecular formula is C26H34N6O5. The number of hydrogen-bond acceptors (Lipinski definition) is 9. The molecule has 1 amide bonds. The molecule has 1 saturated heterocycles. The highest BCUT2D eigenvalue weighted by Crippen LogP contribution is 2.34. The van der Waals surface area contributed by atoms with E-state index in [1.807, 2.05) is 12.1 Å². The molecule has 3 N–H and O–H groups in total. The predicted molar refractivity (Wildman–Crippen MR) is 137 cm³/mol. The number of piperidine rings is 1. The van der Waals surface area contributed by atoms with Gasteiger partial charge in [0.25, 0.3) is 5.91 Å². The second-order valence-corrected chi connectivity index (χ2v) is 10.1. The minimum Gasteiger partial charge on any atom is -0.481 e. The first-order valence-electron chi connectivity index (χ1n) is 13.2. The number of aromatic nitrogens is 3. The van der Waals surface area contributed by atoms with Gasteiger partial charge < -0.3 is 30.1 Å². The quantitative estimate of drug-likeness (QED) is 0.457. The van der Waals surface area contributed by atoms with Crippen molar-refractivity contribution in [2.45, 2.75) is 51.4 Å². The molecule has 37 heavy (non-hydrogen) atoms. The molecule has 0 aromatic carbocycles. The standard InChI is InChI=1S/C26H34N6O5/c27-23-22-24(30-26(29-23)37-13-2-1-3-17-4-5-17)36-14-12-32(25(22)35)19-6-7-20(28-16-19)31-10-8-18(9-11-31)15-21(33)34/h6-7,16-18H,1-5,8-15H2,(H,33,34)(H2,27,29,30). The zero-order valence-corrected chi connectivity index (χ0v) is 21.0. The molecule has 2 aromatic heterocycles. The number of unbranched alkanes of at least 4 members (excludes halogenated alkanes) is 1. The van der Waals surface area contributed by atoms with Crippen LogP contribution in [0, 0.1) is 11.8 Å². The first kappa shape index (κ1) is 25.0. The lowest BCUT2D eigenvalue weighted by molar-refractivity contribution is -0.138. The van der Waals surface area contributed by atoms with Gasteiger partial charge in [-0.3, -0.25) is 9.59 Å². The Morgan fingerprint density at radius 3 is 2.62 bits per heavy atom. The van der Waals surface area contributed by atoms with E-state index in [1.54, 1.807) is 11.1 Å². The van der Waals surface area contributed by atoms with E-state index in [-0.39, 0.29) is 48.1 Å². The van der Waals surface area contributed by atoms with E-state index in [0.29, 0.717) is 18.8 Å². The zero-order valence-electron chi connectivity index (χ0n) is 21.0. The molecule has 11 heteroatoms. The Kier molecular flexibility index (Phi) is 7.57. The van der Waals surface area contributed by atoms with Crippen LogP contribution in [0.5, 0.6) is 11.9 Å². The smallest absolute Gasteiger partial charge is 0.321 e. The molecule has 2 aromatic rings. The zero-order chi connectivity index (χ0) is 25.8. The molecule has 0 spiro atoms. The van der Waals surface area contributed by atoms with Crippen LogP contribution in [0.3, 0.4) is 0 Å². The Hall–Kier alpha value is -3.63. The van der Waals surface area contributed by atoms with E-state index in [4.69, 9.17) is 20.3 Å². The third kappa shape index (κ3) is 6.20. The third-order valence-electron chi connectivity index (χ3n) is 7.28. The molecule has 1 aliphatic carbocycles. The summed E-state index contributed by atoms with van der Waals surface area (Å²) in [6.07, 6.45) is 9.49. The van der Waals surface area contributed by atoms with E-state index < -0.39 is 5.97 Å². The number of rotatable bonds is 10. The van der Waals surface area contributed by atoms with Crippen molar-refractivity contribution in [3.63, 3.8) is 0 Å². The molecular weight excluding hydrogens is 476 g/mol. The van der Waals surface area contributed by atoms with Crippen LogP contribution in [-0.2, 0) is 4.79 Å². The van der Waals surface area contributed by atoms with Crippen LogP contribution >= 0.6 is 0 Å². The number of ether oxygens (including phenoxy) is 2. The van der Waals surface area contributed by atoms with Gasteiger partial charge in [0.05, 0.1) is 25.0 Å². The van der Waals surface area contributed by atoms with Gasteiger partial charge in [-0.25, -0.2) is 4.98 Å². The number of nitrogen functional groups attached to an aromatic ring is 1. The SMILES string of the molecule is Nc1nc(OCCCCC2CC2)nc2c1C(=O)N(c1ccc(N3CCC(CC(=O)O)CC3)nc1)CCO2. The summed E-state index contributed by atoms with van der Waals surface area (Å²) in [5, 5.41) is 9.02. The number of carboxylic acids is 1. The molecule has 4 heterocycles. The van der Waals surface area contributed by atoms with Gasteiger partial charge in [-0.1, -0.05) is 19.3 Å². The van der Waals surface area contributed by atoms with Crippen LogP contribution < -0.4 is 25.0 Å². The third-order valence-corrected chi connectivity index (χ3v) is 7.28. The summed E-state index contributed by atoms with van der Waals surface area (Å²) in [6, 6.07) is 3.86. The minimum atomic E-state index is -0.748. The summed E-state index contributed by atoms with van der Waals surface area (Å²) in [6.45, 7) is 2.57. The number of anilines is 3. The van der Waals surface area contributed by atoms with Crippen molar-refractivity contribution in [3.05, 3.63) is 23.9 Å². The number of fused-ring (bicyclic) bond motifs is 1. The highest BCUT2D eigenvalue weighted by Gasteiger charge is 2.30. The Morgan fingerprint density at radius 1 is 1.11 bits per heavy atom. The van der Waals surface area contributed by atoms with Gasteiger partial charge in [-0.05, 0) is 49.7 Å². The maximum Gasteiger partial charge on any atom is 0.321 e. The molecule has 1 saturated carbocycles. The maximum atomic E-state index is 13.4. The van der Waals surface area contributed by atoms with Crippen LogP contribution in [-0.4, -0.2) is 64.8 Å². The topological polar surface area (TPSA) is 144 Å².